The third-order valence-electron chi connectivity index (χ3n) is 3.14. The number of urea groups is 1. The highest BCUT2D eigenvalue weighted by Gasteiger charge is 2.15. The van der Waals surface area contributed by atoms with E-state index >= 15 is 0 Å². The topological polar surface area (TPSA) is 45.2 Å². The summed E-state index contributed by atoms with van der Waals surface area (Å²) in [4.78, 5) is 19.2. The molecule has 1 aromatic rings. The summed E-state index contributed by atoms with van der Waals surface area (Å²) in [6.45, 7) is 4.37. The number of aromatic nitrogens is 1. The summed E-state index contributed by atoms with van der Waals surface area (Å²) in [5.41, 5.74) is 2.84. The van der Waals surface area contributed by atoms with Crippen LogP contribution in [0.15, 0.2) is 5.51 Å². The minimum absolute atomic E-state index is 0.0692. The van der Waals surface area contributed by atoms with E-state index in [1.165, 1.54) is 12.8 Å². The van der Waals surface area contributed by atoms with E-state index in [0.29, 0.717) is 6.54 Å². The first-order valence-electron chi connectivity index (χ1n) is 6.19. The van der Waals surface area contributed by atoms with Gasteiger partial charge in [0.1, 0.15) is 0 Å². The molecule has 0 atom stereocenters. The quantitative estimate of drug-likeness (QED) is 0.880. The molecule has 1 fully saturated rings. The SMILES string of the molecule is Cc1ncsc1CNC(=O)N1CCCCCC1. The van der Waals surface area contributed by atoms with Crippen LogP contribution in [-0.2, 0) is 6.54 Å². The van der Waals surface area contributed by atoms with Gasteiger partial charge in [0.25, 0.3) is 0 Å². The maximum absolute atomic E-state index is 12.0. The zero-order valence-electron chi connectivity index (χ0n) is 10.2. The van der Waals surface area contributed by atoms with Crippen LogP contribution in [0.25, 0.3) is 0 Å². The smallest absolute Gasteiger partial charge is 0.317 e. The molecule has 2 heterocycles. The van der Waals surface area contributed by atoms with Crippen LogP contribution in [0.1, 0.15) is 36.3 Å². The minimum Gasteiger partial charge on any atom is -0.333 e. The standard InChI is InChI=1S/C12H19N3OS/c1-10-11(17-9-14-10)8-13-12(16)15-6-4-2-3-5-7-15/h9H,2-8H2,1H3,(H,13,16). The van der Waals surface area contributed by atoms with Gasteiger partial charge in [0.15, 0.2) is 0 Å². The zero-order chi connectivity index (χ0) is 12.1. The zero-order valence-corrected chi connectivity index (χ0v) is 11.1. The Balaban J connectivity index is 1.82. The van der Waals surface area contributed by atoms with Crippen LogP contribution in [0, 0.1) is 6.92 Å². The highest BCUT2D eigenvalue weighted by atomic mass is 32.1. The van der Waals surface area contributed by atoms with Crippen LogP contribution in [0.3, 0.4) is 0 Å². The Morgan fingerprint density at radius 2 is 2.12 bits per heavy atom. The molecule has 0 spiro atoms. The second-order valence-electron chi connectivity index (χ2n) is 4.42. The predicted molar refractivity (Wildman–Crippen MR) is 69.1 cm³/mol. The molecule has 1 aromatic heterocycles. The molecule has 17 heavy (non-hydrogen) atoms. The van der Waals surface area contributed by atoms with E-state index in [2.05, 4.69) is 10.3 Å². The van der Waals surface area contributed by atoms with Crippen LogP contribution in [0.4, 0.5) is 4.79 Å². The Bertz CT molecular complexity index is 370. The molecule has 4 nitrogen and oxygen atoms in total. The van der Waals surface area contributed by atoms with Gasteiger partial charge in [-0.3, -0.25) is 0 Å². The summed E-state index contributed by atoms with van der Waals surface area (Å²) < 4.78 is 0. The van der Waals surface area contributed by atoms with E-state index in [1.54, 1.807) is 11.3 Å². The number of nitrogens with zero attached hydrogens (tertiary/aromatic N) is 2. The largest absolute Gasteiger partial charge is 0.333 e. The lowest BCUT2D eigenvalue weighted by Gasteiger charge is -2.20. The van der Waals surface area contributed by atoms with Crippen molar-refractivity contribution in [2.24, 2.45) is 0 Å². The molecule has 1 aliphatic rings. The Kier molecular flexibility index (Phi) is 4.36. The molecule has 94 valence electrons. The fourth-order valence-corrected chi connectivity index (χ4v) is 2.75. The summed E-state index contributed by atoms with van der Waals surface area (Å²) in [5.74, 6) is 0. The molecule has 0 aromatic carbocycles. The fraction of sp³-hybridized carbons (Fsp3) is 0.667. The lowest BCUT2D eigenvalue weighted by atomic mass is 10.2. The number of hydrogen-bond acceptors (Lipinski definition) is 3. The summed E-state index contributed by atoms with van der Waals surface area (Å²) in [6, 6.07) is 0.0692. The van der Waals surface area contributed by atoms with Gasteiger partial charge in [-0.1, -0.05) is 12.8 Å². The molecule has 1 aliphatic heterocycles. The van der Waals surface area contributed by atoms with Crippen LogP contribution in [0.2, 0.25) is 0 Å². The van der Waals surface area contributed by atoms with Gasteiger partial charge in [-0.15, -0.1) is 11.3 Å². The maximum Gasteiger partial charge on any atom is 0.317 e. The fourth-order valence-electron chi connectivity index (χ4n) is 2.04. The van der Waals surface area contributed by atoms with Crippen LogP contribution in [0.5, 0.6) is 0 Å². The van der Waals surface area contributed by atoms with Crippen molar-refractivity contribution < 1.29 is 4.79 Å². The van der Waals surface area contributed by atoms with Crippen molar-refractivity contribution in [2.45, 2.75) is 39.2 Å². The first-order chi connectivity index (χ1) is 8.27. The second-order valence-corrected chi connectivity index (χ2v) is 5.36. The number of hydrogen-bond donors (Lipinski definition) is 1. The van der Waals surface area contributed by atoms with Gasteiger partial charge in [0.2, 0.25) is 0 Å². The summed E-state index contributed by atoms with van der Waals surface area (Å²) in [6.07, 6.45) is 4.76. The van der Waals surface area contributed by atoms with Crippen molar-refractivity contribution in [3.63, 3.8) is 0 Å². The lowest BCUT2D eigenvalue weighted by Crippen LogP contribution is -2.40. The molecule has 2 amide bonds. The van der Waals surface area contributed by atoms with Crippen molar-refractivity contribution in [1.82, 2.24) is 15.2 Å². The van der Waals surface area contributed by atoms with Gasteiger partial charge in [-0.05, 0) is 19.8 Å². The number of rotatable bonds is 2. The highest BCUT2D eigenvalue weighted by molar-refractivity contribution is 7.09. The number of amides is 2. The molecular formula is C12H19N3OS. The number of carbonyl (C=O) groups is 1. The summed E-state index contributed by atoms with van der Waals surface area (Å²) in [7, 11) is 0. The maximum atomic E-state index is 12.0. The third-order valence-corrected chi connectivity index (χ3v) is 4.07. The summed E-state index contributed by atoms with van der Waals surface area (Å²) in [5, 5.41) is 2.98. The Hall–Kier alpha value is -1.10. The second kappa shape index (κ2) is 6.00. The van der Waals surface area contributed by atoms with Crippen molar-refractivity contribution in [2.75, 3.05) is 13.1 Å². The van der Waals surface area contributed by atoms with E-state index < -0.39 is 0 Å². The Morgan fingerprint density at radius 3 is 2.71 bits per heavy atom. The Labute approximate surface area is 106 Å². The molecule has 2 rings (SSSR count). The van der Waals surface area contributed by atoms with E-state index in [9.17, 15) is 4.79 Å². The molecule has 0 unspecified atom stereocenters. The van der Waals surface area contributed by atoms with Crippen molar-refractivity contribution >= 4 is 17.4 Å². The average Bonchev–Trinajstić information content (AvgIpc) is 2.58. The molecule has 1 saturated heterocycles. The molecule has 0 radical (unpaired) electrons. The normalized spacial score (nSPS) is 16.6. The van der Waals surface area contributed by atoms with E-state index in [0.717, 1.165) is 36.5 Å². The van der Waals surface area contributed by atoms with Crippen molar-refractivity contribution in [3.05, 3.63) is 16.1 Å². The monoisotopic (exact) mass is 253 g/mol. The minimum atomic E-state index is 0.0692. The first-order valence-corrected chi connectivity index (χ1v) is 7.07. The molecule has 0 bridgehead atoms. The van der Waals surface area contributed by atoms with E-state index in [1.807, 2.05) is 17.3 Å². The van der Waals surface area contributed by atoms with Gasteiger partial charge in [0, 0.05) is 18.0 Å². The Morgan fingerprint density at radius 1 is 1.41 bits per heavy atom. The number of likely N-dealkylation sites (tertiary alicyclic amines) is 1. The number of nitrogens with one attached hydrogen (secondary N) is 1. The molecule has 1 N–H and O–H groups in total. The lowest BCUT2D eigenvalue weighted by molar-refractivity contribution is 0.199. The van der Waals surface area contributed by atoms with Crippen molar-refractivity contribution in [3.8, 4) is 0 Å². The van der Waals surface area contributed by atoms with Gasteiger partial charge in [-0.2, -0.15) is 0 Å². The van der Waals surface area contributed by atoms with E-state index in [-0.39, 0.29) is 6.03 Å². The van der Waals surface area contributed by atoms with Crippen LogP contribution in [-0.4, -0.2) is 29.0 Å². The molecular weight excluding hydrogens is 234 g/mol. The molecule has 5 heteroatoms. The van der Waals surface area contributed by atoms with Gasteiger partial charge in [0.05, 0.1) is 17.7 Å². The highest BCUT2D eigenvalue weighted by Crippen LogP contribution is 2.12. The van der Waals surface area contributed by atoms with Crippen LogP contribution < -0.4 is 5.32 Å². The van der Waals surface area contributed by atoms with Crippen molar-refractivity contribution in [1.29, 1.82) is 0 Å². The number of aryl methyl sites for hydroxylation is 1. The predicted octanol–water partition coefficient (Wildman–Crippen LogP) is 2.54. The van der Waals surface area contributed by atoms with Gasteiger partial charge >= 0.3 is 6.03 Å². The van der Waals surface area contributed by atoms with Gasteiger partial charge < -0.3 is 10.2 Å². The molecule has 0 saturated carbocycles. The van der Waals surface area contributed by atoms with Crippen LogP contribution >= 0.6 is 11.3 Å². The summed E-state index contributed by atoms with van der Waals surface area (Å²) >= 11 is 1.60. The average molecular weight is 253 g/mol. The van der Waals surface area contributed by atoms with E-state index in [4.69, 9.17) is 0 Å². The third kappa shape index (κ3) is 3.43. The number of carbonyl (C=O) groups excluding carboxylic acids is 1. The first kappa shape index (κ1) is 12.4. The van der Waals surface area contributed by atoms with Gasteiger partial charge in [-0.25, -0.2) is 9.78 Å². The molecule has 0 aliphatic carbocycles. The number of thiazole rings is 1.